The fraction of sp³-hybridized carbons (Fsp3) is 0.360. The zero-order chi connectivity index (χ0) is 27.0. The first kappa shape index (κ1) is 28.0. The summed E-state index contributed by atoms with van der Waals surface area (Å²) in [6.45, 7) is 2.54. The van der Waals surface area contributed by atoms with Crippen LogP contribution in [0.2, 0.25) is 0 Å². The predicted octanol–water partition coefficient (Wildman–Crippen LogP) is 2.08. The van der Waals surface area contributed by atoms with Crippen molar-refractivity contribution in [3.8, 4) is 28.4 Å². The third kappa shape index (κ3) is 6.23. The van der Waals surface area contributed by atoms with Gasteiger partial charge in [0.05, 0.1) is 35.5 Å². The van der Waals surface area contributed by atoms with Crippen LogP contribution in [-0.2, 0) is 28.7 Å². The lowest BCUT2D eigenvalue weighted by atomic mass is 9.90. The lowest BCUT2D eigenvalue weighted by Crippen LogP contribution is -2.33. The Kier molecular flexibility index (Phi) is 9.66. The number of methoxy groups -OCH3 is 5. The van der Waals surface area contributed by atoms with E-state index >= 15 is 0 Å². The van der Waals surface area contributed by atoms with Crippen LogP contribution < -0.4 is 24.8 Å². The van der Waals surface area contributed by atoms with Gasteiger partial charge in [-0.25, -0.2) is 9.59 Å². The second kappa shape index (κ2) is 12.4. The maximum absolute atomic E-state index is 12.8. The smallest absolute Gasteiger partial charge is 0.333 e. The SMILES string of the molecule is COC(=O)[C@@H](NC(C)=O)c1cc(OC)cc(OC)c1-c1cc([C@@H](NC(C)=O)C(=O)OC)ccc1OC. The molecule has 0 saturated heterocycles. The number of hydrogen-bond acceptors (Lipinski definition) is 9. The molecular formula is C25H30N2O9. The summed E-state index contributed by atoms with van der Waals surface area (Å²) in [4.78, 5) is 49.0. The molecule has 0 bridgehead atoms. The Morgan fingerprint density at radius 1 is 0.694 bits per heavy atom. The third-order valence-electron chi connectivity index (χ3n) is 5.27. The van der Waals surface area contributed by atoms with Gasteiger partial charge in [0.25, 0.3) is 0 Å². The van der Waals surface area contributed by atoms with Crippen LogP contribution in [0.25, 0.3) is 11.1 Å². The van der Waals surface area contributed by atoms with Crippen LogP contribution in [0.5, 0.6) is 17.2 Å². The molecule has 0 radical (unpaired) electrons. The van der Waals surface area contributed by atoms with Gasteiger partial charge in [0.2, 0.25) is 11.8 Å². The Balaban J connectivity index is 2.94. The molecule has 2 N–H and O–H groups in total. The van der Waals surface area contributed by atoms with Crippen LogP contribution in [0, 0.1) is 0 Å². The van der Waals surface area contributed by atoms with Gasteiger partial charge < -0.3 is 34.3 Å². The van der Waals surface area contributed by atoms with Gasteiger partial charge in [0, 0.05) is 36.6 Å². The largest absolute Gasteiger partial charge is 0.497 e. The van der Waals surface area contributed by atoms with Crippen LogP contribution in [-0.4, -0.2) is 59.3 Å². The van der Waals surface area contributed by atoms with Gasteiger partial charge in [-0.3, -0.25) is 9.59 Å². The van der Waals surface area contributed by atoms with Crippen LogP contribution in [0.4, 0.5) is 0 Å². The van der Waals surface area contributed by atoms with Crippen molar-refractivity contribution in [2.75, 3.05) is 35.5 Å². The molecule has 0 fully saturated rings. The average molecular weight is 503 g/mol. The van der Waals surface area contributed by atoms with Gasteiger partial charge in [-0.15, -0.1) is 0 Å². The normalized spacial score (nSPS) is 12.0. The summed E-state index contributed by atoms with van der Waals surface area (Å²) in [5, 5.41) is 5.16. The lowest BCUT2D eigenvalue weighted by Gasteiger charge is -2.24. The van der Waals surface area contributed by atoms with E-state index in [0.29, 0.717) is 28.2 Å². The number of rotatable bonds is 10. The molecule has 0 saturated carbocycles. The Morgan fingerprint density at radius 2 is 1.25 bits per heavy atom. The van der Waals surface area contributed by atoms with Crippen molar-refractivity contribution in [2.24, 2.45) is 0 Å². The maximum Gasteiger partial charge on any atom is 0.333 e. The lowest BCUT2D eigenvalue weighted by molar-refractivity contribution is -0.145. The van der Waals surface area contributed by atoms with Gasteiger partial charge in [0.1, 0.15) is 17.2 Å². The summed E-state index contributed by atoms with van der Waals surface area (Å²) in [5.74, 6) is -1.34. The monoisotopic (exact) mass is 502 g/mol. The minimum atomic E-state index is -1.23. The minimum absolute atomic E-state index is 0.285. The van der Waals surface area contributed by atoms with E-state index < -0.39 is 35.8 Å². The van der Waals surface area contributed by atoms with Crippen LogP contribution in [0.1, 0.15) is 37.1 Å². The van der Waals surface area contributed by atoms with Gasteiger partial charge >= 0.3 is 11.9 Å². The summed E-state index contributed by atoms with van der Waals surface area (Å²) in [6.07, 6.45) is 0. The topological polar surface area (TPSA) is 138 Å². The number of carbonyl (C=O) groups is 4. The highest BCUT2D eigenvalue weighted by molar-refractivity contribution is 5.91. The zero-order valence-corrected chi connectivity index (χ0v) is 21.2. The molecule has 11 nitrogen and oxygen atoms in total. The molecule has 2 rings (SSSR count). The highest BCUT2D eigenvalue weighted by Crippen LogP contribution is 2.44. The maximum atomic E-state index is 12.8. The van der Waals surface area contributed by atoms with Crippen LogP contribution in [0.15, 0.2) is 30.3 Å². The number of benzene rings is 2. The Bertz CT molecular complexity index is 1150. The van der Waals surface area contributed by atoms with Gasteiger partial charge in [-0.05, 0) is 23.8 Å². The van der Waals surface area contributed by atoms with Crippen molar-refractivity contribution >= 4 is 23.8 Å². The number of ether oxygens (including phenoxy) is 5. The summed E-state index contributed by atoms with van der Waals surface area (Å²) in [7, 11) is 6.73. The number of esters is 2. The molecular weight excluding hydrogens is 472 g/mol. The van der Waals surface area contributed by atoms with E-state index in [4.69, 9.17) is 23.7 Å². The fourth-order valence-electron chi connectivity index (χ4n) is 3.69. The van der Waals surface area contributed by atoms with E-state index in [1.807, 2.05) is 0 Å². The number of nitrogens with one attached hydrogen (secondary N) is 2. The number of hydrogen-bond donors (Lipinski definition) is 2. The van der Waals surface area contributed by atoms with E-state index in [0.717, 1.165) is 0 Å². The predicted molar refractivity (Wildman–Crippen MR) is 129 cm³/mol. The molecule has 0 spiro atoms. The highest BCUT2D eigenvalue weighted by atomic mass is 16.5. The van der Waals surface area contributed by atoms with Crippen molar-refractivity contribution in [3.63, 3.8) is 0 Å². The van der Waals surface area contributed by atoms with Crippen LogP contribution in [0.3, 0.4) is 0 Å². The Morgan fingerprint density at radius 3 is 1.75 bits per heavy atom. The van der Waals surface area contributed by atoms with E-state index in [1.165, 1.54) is 49.4 Å². The third-order valence-corrected chi connectivity index (χ3v) is 5.27. The second-order valence-corrected chi connectivity index (χ2v) is 7.57. The molecule has 36 heavy (non-hydrogen) atoms. The zero-order valence-electron chi connectivity index (χ0n) is 21.2. The van der Waals surface area contributed by atoms with Crippen molar-refractivity contribution in [3.05, 3.63) is 41.5 Å². The van der Waals surface area contributed by atoms with E-state index in [2.05, 4.69) is 10.6 Å². The molecule has 2 aromatic carbocycles. The van der Waals surface area contributed by atoms with E-state index in [-0.39, 0.29) is 11.3 Å². The summed E-state index contributed by atoms with van der Waals surface area (Å²) >= 11 is 0. The highest BCUT2D eigenvalue weighted by Gasteiger charge is 2.31. The molecule has 0 heterocycles. The van der Waals surface area contributed by atoms with Crippen molar-refractivity contribution in [1.82, 2.24) is 10.6 Å². The first-order valence-electron chi connectivity index (χ1n) is 10.8. The molecule has 0 aliphatic heterocycles. The molecule has 0 unspecified atom stereocenters. The molecule has 2 aromatic rings. The number of amides is 2. The molecule has 0 aliphatic carbocycles. The van der Waals surface area contributed by atoms with Gasteiger partial charge in [-0.2, -0.15) is 0 Å². The summed E-state index contributed by atoms with van der Waals surface area (Å²) < 4.78 is 26.4. The molecule has 0 aromatic heterocycles. The fourth-order valence-corrected chi connectivity index (χ4v) is 3.69. The Labute approximate surface area is 209 Å². The van der Waals surface area contributed by atoms with Crippen molar-refractivity contribution in [2.45, 2.75) is 25.9 Å². The van der Waals surface area contributed by atoms with Crippen LogP contribution >= 0.6 is 0 Å². The van der Waals surface area contributed by atoms with Gasteiger partial charge in [-0.1, -0.05) is 6.07 Å². The summed E-state index contributed by atoms with van der Waals surface area (Å²) in [5.41, 5.74) is 1.44. The van der Waals surface area contributed by atoms with Crippen molar-refractivity contribution in [1.29, 1.82) is 0 Å². The first-order valence-corrected chi connectivity index (χ1v) is 10.8. The average Bonchev–Trinajstić information content (AvgIpc) is 2.87. The molecule has 11 heteroatoms. The van der Waals surface area contributed by atoms with E-state index in [1.54, 1.807) is 30.3 Å². The van der Waals surface area contributed by atoms with Gasteiger partial charge in [0.15, 0.2) is 12.1 Å². The molecule has 0 aliphatic rings. The second-order valence-electron chi connectivity index (χ2n) is 7.57. The van der Waals surface area contributed by atoms with E-state index in [9.17, 15) is 19.2 Å². The standard InChI is InChI=1S/C25H30N2O9/c1-13(28)26-22(24(30)35-6)15-8-9-19(33-4)17(10-15)21-18(11-16(32-3)12-20(21)34-5)23(25(31)36-7)27-14(2)29/h8-12,22-23H,1-7H3,(H,26,28)(H,27,29)/t22-,23+/m1/s1. The quantitative estimate of drug-likeness (QED) is 0.468. The minimum Gasteiger partial charge on any atom is -0.497 e. The molecule has 2 amide bonds. The molecule has 2 atom stereocenters. The number of carbonyl (C=O) groups excluding carboxylic acids is 4. The summed E-state index contributed by atoms with van der Waals surface area (Å²) in [6, 6.07) is 5.61. The first-order chi connectivity index (χ1) is 17.1. The molecule has 194 valence electrons. The van der Waals surface area contributed by atoms with Crippen molar-refractivity contribution < 1.29 is 42.9 Å². The Hall–Kier alpha value is -4.28.